The molecule has 0 spiro atoms. The maximum Gasteiger partial charge on any atom is 0.469 e. The molecule has 11 nitrogen and oxygen atoms in total. The Labute approximate surface area is 108 Å². The Bertz CT molecular complexity index is 341. The largest absolute Gasteiger partial charge is 0.480 e. The molecule has 0 unspecified atom stereocenters. The van der Waals surface area contributed by atoms with Crippen molar-refractivity contribution >= 4 is 19.8 Å². The molecule has 12 heteroatoms. The summed E-state index contributed by atoms with van der Waals surface area (Å²) >= 11 is 0. The standard InChI is InChI=1S/C4H9NO3.C3H8NO6P/c1-2(6)3(5)4(7)8;4-2(3(5)6)1-10-11(7,8)9/h2-3,6H,5H2,1H3,(H,7,8);2H,1,4H2,(H,5,6)(H2,7,8,9)/t2-,3+;2-/m10/s1. The van der Waals surface area contributed by atoms with Crippen molar-refractivity contribution in [2.24, 2.45) is 11.5 Å². The van der Waals surface area contributed by atoms with Crippen molar-refractivity contribution in [2.75, 3.05) is 6.61 Å². The van der Waals surface area contributed by atoms with E-state index in [0.717, 1.165) is 0 Å². The summed E-state index contributed by atoms with van der Waals surface area (Å²) in [4.78, 5) is 36.0. The van der Waals surface area contributed by atoms with Crippen LogP contribution in [-0.2, 0) is 18.7 Å². The van der Waals surface area contributed by atoms with Gasteiger partial charge in [0.1, 0.15) is 12.1 Å². The Kier molecular flexibility index (Phi) is 9.52. The van der Waals surface area contributed by atoms with Gasteiger partial charge in [-0.3, -0.25) is 14.1 Å². The van der Waals surface area contributed by atoms with Gasteiger partial charge in [-0.1, -0.05) is 0 Å². The minimum Gasteiger partial charge on any atom is -0.480 e. The molecule has 0 aromatic rings. The number of aliphatic hydroxyl groups is 1. The summed E-state index contributed by atoms with van der Waals surface area (Å²) in [6.07, 6.45) is -0.979. The number of hydrogen-bond donors (Lipinski definition) is 7. The van der Waals surface area contributed by atoms with E-state index in [9.17, 15) is 14.2 Å². The maximum atomic E-state index is 9.98. The monoisotopic (exact) mass is 304 g/mol. The fourth-order valence-corrected chi connectivity index (χ4v) is 0.810. The smallest absolute Gasteiger partial charge is 0.469 e. The summed E-state index contributed by atoms with van der Waals surface area (Å²) < 4.78 is 13.8. The van der Waals surface area contributed by atoms with E-state index in [2.05, 4.69) is 4.52 Å². The Morgan fingerprint density at radius 2 is 1.63 bits per heavy atom. The first-order chi connectivity index (χ1) is 8.38. The molecule has 0 fully saturated rings. The van der Waals surface area contributed by atoms with Crippen molar-refractivity contribution in [1.29, 1.82) is 0 Å². The van der Waals surface area contributed by atoms with Crippen molar-refractivity contribution in [3.63, 3.8) is 0 Å². The molecule has 3 atom stereocenters. The van der Waals surface area contributed by atoms with Crippen LogP contribution >= 0.6 is 7.82 Å². The number of phosphoric acid groups is 1. The first-order valence-corrected chi connectivity index (χ1v) is 6.26. The number of phosphoric ester groups is 1. The summed E-state index contributed by atoms with van der Waals surface area (Å²) in [5.41, 5.74) is 9.77. The van der Waals surface area contributed by atoms with E-state index in [1.54, 1.807) is 0 Å². The van der Waals surface area contributed by atoms with Crippen LogP contribution in [0.4, 0.5) is 0 Å². The van der Waals surface area contributed by atoms with Crippen LogP contribution < -0.4 is 11.5 Å². The summed E-state index contributed by atoms with van der Waals surface area (Å²) in [5, 5.41) is 24.7. The van der Waals surface area contributed by atoms with Gasteiger partial charge in [0, 0.05) is 0 Å². The van der Waals surface area contributed by atoms with Crippen molar-refractivity contribution in [3.8, 4) is 0 Å². The molecule has 9 N–H and O–H groups in total. The van der Waals surface area contributed by atoms with Crippen LogP contribution in [0.25, 0.3) is 0 Å². The molecule has 0 rings (SSSR count). The molecule has 0 aromatic heterocycles. The van der Waals surface area contributed by atoms with Crippen molar-refractivity contribution < 1.29 is 43.8 Å². The fraction of sp³-hybridized carbons (Fsp3) is 0.714. The Morgan fingerprint density at radius 1 is 1.21 bits per heavy atom. The van der Waals surface area contributed by atoms with Crippen molar-refractivity contribution in [1.82, 2.24) is 0 Å². The van der Waals surface area contributed by atoms with Gasteiger partial charge in [0.25, 0.3) is 0 Å². The average molecular weight is 304 g/mol. The second kappa shape index (κ2) is 8.93. The third kappa shape index (κ3) is 13.2. The third-order valence-electron chi connectivity index (χ3n) is 1.54. The third-order valence-corrected chi connectivity index (χ3v) is 2.03. The summed E-state index contributed by atoms with van der Waals surface area (Å²) in [5.74, 6) is -2.56. The first-order valence-electron chi connectivity index (χ1n) is 4.73. The molecule has 0 bridgehead atoms. The van der Waals surface area contributed by atoms with Gasteiger partial charge in [0.2, 0.25) is 0 Å². The molecule has 0 aliphatic heterocycles. The highest BCUT2D eigenvalue weighted by molar-refractivity contribution is 7.46. The van der Waals surface area contributed by atoms with E-state index < -0.39 is 44.6 Å². The van der Waals surface area contributed by atoms with Gasteiger partial charge in [-0.05, 0) is 6.92 Å². The zero-order valence-corrected chi connectivity index (χ0v) is 10.8. The van der Waals surface area contributed by atoms with Gasteiger partial charge in [-0.25, -0.2) is 4.57 Å². The quantitative estimate of drug-likeness (QED) is 0.250. The highest BCUT2D eigenvalue weighted by atomic mass is 31.2. The number of carbonyl (C=O) groups is 2. The van der Waals surface area contributed by atoms with Crippen LogP contribution in [0.3, 0.4) is 0 Å². The van der Waals surface area contributed by atoms with E-state index in [-0.39, 0.29) is 0 Å². The summed E-state index contributed by atoms with van der Waals surface area (Å²) in [6.45, 7) is 0.623. The number of hydrogen-bond acceptors (Lipinski definition) is 7. The zero-order valence-electron chi connectivity index (χ0n) is 9.91. The van der Waals surface area contributed by atoms with Gasteiger partial charge in [0.05, 0.1) is 12.7 Å². The lowest BCUT2D eigenvalue weighted by atomic mass is 10.2. The first kappa shape index (κ1) is 20.3. The molecule has 0 saturated heterocycles. The van der Waals surface area contributed by atoms with E-state index >= 15 is 0 Å². The van der Waals surface area contributed by atoms with Gasteiger partial charge >= 0.3 is 19.8 Å². The second-order valence-electron chi connectivity index (χ2n) is 3.34. The maximum absolute atomic E-state index is 9.98. The Balaban J connectivity index is 0. The molecule has 114 valence electrons. The van der Waals surface area contributed by atoms with Gasteiger partial charge in [0.15, 0.2) is 0 Å². The molecule has 0 amide bonds. The van der Waals surface area contributed by atoms with Crippen LogP contribution in [0.2, 0.25) is 0 Å². The lowest BCUT2D eigenvalue weighted by Gasteiger charge is -2.07. The molecule has 0 aromatic carbocycles. The number of nitrogens with two attached hydrogens (primary N) is 2. The average Bonchev–Trinajstić information content (AvgIpc) is 2.24. The highest BCUT2D eigenvalue weighted by Crippen LogP contribution is 2.35. The van der Waals surface area contributed by atoms with E-state index in [0.29, 0.717) is 0 Å². The molecule has 0 aliphatic carbocycles. The molecule has 0 heterocycles. The molecular weight excluding hydrogens is 287 g/mol. The number of carboxylic acid groups (broad SMARTS) is 2. The predicted octanol–water partition coefficient (Wildman–Crippen LogP) is -2.71. The molecule has 19 heavy (non-hydrogen) atoms. The molecule has 0 radical (unpaired) electrons. The highest BCUT2D eigenvalue weighted by Gasteiger charge is 2.19. The van der Waals surface area contributed by atoms with Gasteiger partial charge in [-0.2, -0.15) is 0 Å². The number of aliphatic carboxylic acids is 2. The molecular formula is C7H17N2O9P. The molecule has 0 saturated carbocycles. The minimum absolute atomic E-state index is 0.709. The molecule has 0 aliphatic rings. The van der Waals surface area contributed by atoms with E-state index in [1.807, 2.05) is 0 Å². The van der Waals surface area contributed by atoms with Crippen molar-refractivity contribution in [3.05, 3.63) is 0 Å². The fourth-order valence-electron chi connectivity index (χ4n) is 0.455. The Morgan fingerprint density at radius 3 is 1.79 bits per heavy atom. The second-order valence-corrected chi connectivity index (χ2v) is 4.58. The van der Waals surface area contributed by atoms with Gasteiger partial charge in [-0.15, -0.1) is 0 Å². The van der Waals surface area contributed by atoms with Crippen molar-refractivity contribution in [2.45, 2.75) is 25.1 Å². The van der Waals surface area contributed by atoms with Gasteiger partial charge < -0.3 is 36.6 Å². The Hall–Kier alpha value is -1.07. The van der Waals surface area contributed by atoms with Crippen LogP contribution in [0.5, 0.6) is 0 Å². The van der Waals surface area contributed by atoms with E-state index in [1.165, 1.54) is 6.92 Å². The number of rotatable bonds is 6. The summed E-state index contributed by atoms with van der Waals surface area (Å²) in [6, 6.07) is -2.57. The number of aliphatic hydroxyl groups excluding tert-OH is 1. The number of carboxylic acids is 2. The van der Waals surface area contributed by atoms with Crippen LogP contribution in [0.15, 0.2) is 0 Å². The predicted molar refractivity (Wildman–Crippen MR) is 60.9 cm³/mol. The van der Waals surface area contributed by atoms with Crippen LogP contribution in [0, 0.1) is 0 Å². The van der Waals surface area contributed by atoms with Crippen LogP contribution in [-0.4, -0.2) is 61.8 Å². The van der Waals surface area contributed by atoms with E-state index in [4.69, 9.17) is 36.6 Å². The lowest BCUT2D eigenvalue weighted by molar-refractivity contribution is -0.141. The minimum atomic E-state index is -4.60. The lowest BCUT2D eigenvalue weighted by Crippen LogP contribution is -2.39. The SMILES string of the molecule is C[C@@H](O)[C@H](N)C(=O)O.N[C@@H](COP(=O)(O)O)C(=O)O. The summed E-state index contributed by atoms with van der Waals surface area (Å²) in [7, 11) is -4.60. The topological polar surface area (TPSA) is 214 Å². The zero-order chi connectivity index (χ0) is 15.8. The normalized spacial score (nSPS) is 15.7. The van der Waals surface area contributed by atoms with Crippen LogP contribution in [0.1, 0.15) is 6.92 Å².